The van der Waals surface area contributed by atoms with E-state index < -0.39 is 0 Å². The Kier molecular flexibility index (Phi) is 2.75. The van der Waals surface area contributed by atoms with E-state index in [9.17, 15) is 0 Å². The Bertz CT molecular complexity index is 477. The summed E-state index contributed by atoms with van der Waals surface area (Å²) in [6.07, 6.45) is 2.02. The Labute approximate surface area is 94.1 Å². The second kappa shape index (κ2) is 3.88. The zero-order valence-electron chi connectivity index (χ0n) is 7.75. The number of rotatable bonds is 1. The van der Waals surface area contributed by atoms with Gasteiger partial charge in [-0.05, 0) is 29.2 Å². The van der Waals surface area contributed by atoms with E-state index in [4.69, 9.17) is 19.4 Å². The number of hydrogen-bond donors (Lipinski definition) is 0. The normalized spacial score (nSPS) is 10.7. The van der Waals surface area contributed by atoms with Gasteiger partial charge in [0.05, 0.1) is 0 Å². The lowest BCUT2D eigenvalue weighted by Crippen LogP contribution is -2.05. The molecule has 2 aromatic carbocycles. The summed E-state index contributed by atoms with van der Waals surface area (Å²) in [5, 5.41) is 3.05. The van der Waals surface area contributed by atoms with Crippen LogP contribution in [-0.4, -0.2) is 14.1 Å². The van der Waals surface area contributed by atoms with Crippen molar-refractivity contribution in [1.29, 1.82) is 0 Å². The molecule has 2 radical (unpaired) electrons. The van der Waals surface area contributed by atoms with Crippen molar-refractivity contribution >= 4 is 47.4 Å². The van der Waals surface area contributed by atoms with Crippen molar-refractivity contribution in [3.8, 4) is 0 Å². The highest BCUT2D eigenvalue weighted by molar-refractivity contribution is 7.99. The minimum absolute atomic E-state index is 0.749. The Morgan fingerprint density at radius 1 is 1.21 bits per heavy atom. The Morgan fingerprint density at radius 3 is 2.64 bits per heavy atom. The lowest BCUT2D eigenvalue weighted by molar-refractivity contribution is 1.61. The molecule has 3 heteroatoms. The maximum absolute atomic E-state index is 5.95. The van der Waals surface area contributed by atoms with Crippen molar-refractivity contribution in [2.45, 2.75) is 4.90 Å². The molecule has 2 rings (SSSR count). The first-order chi connectivity index (χ1) is 6.72. The first kappa shape index (κ1) is 9.94. The molecule has 0 heterocycles. The summed E-state index contributed by atoms with van der Waals surface area (Å²) >= 11 is 7.60. The molecule has 0 saturated heterocycles. The van der Waals surface area contributed by atoms with Crippen LogP contribution in [-0.2, 0) is 0 Å². The third-order valence-corrected chi connectivity index (χ3v) is 3.27. The molecule has 0 spiro atoms. The molecule has 0 unspecified atom stereocenters. The van der Waals surface area contributed by atoms with Crippen molar-refractivity contribution in [2.75, 3.05) is 6.26 Å². The molecule has 0 atom stereocenters. The molecular weight excluding hydrogens is 210 g/mol. The van der Waals surface area contributed by atoms with Crippen LogP contribution in [0.4, 0.5) is 0 Å². The van der Waals surface area contributed by atoms with E-state index in [0.29, 0.717) is 0 Å². The summed E-state index contributed by atoms with van der Waals surface area (Å²) in [4.78, 5) is 1.10. The predicted octanol–water partition coefficient (Wildman–Crippen LogP) is 3.01. The van der Waals surface area contributed by atoms with E-state index in [1.165, 1.54) is 5.39 Å². The van der Waals surface area contributed by atoms with Crippen LogP contribution in [0.1, 0.15) is 0 Å². The molecule has 0 aromatic heterocycles. The van der Waals surface area contributed by atoms with Gasteiger partial charge in [-0.2, -0.15) is 0 Å². The van der Waals surface area contributed by atoms with Crippen molar-refractivity contribution in [3.05, 3.63) is 35.4 Å². The maximum Gasteiger partial charge on any atom is 0.115 e. The summed E-state index contributed by atoms with van der Waals surface area (Å²) in [5.74, 6) is 0. The van der Waals surface area contributed by atoms with Gasteiger partial charge in [-0.1, -0.05) is 35.3 Å². The largest absolute Gasteiger partial charge is 0.130 e. The second-order valence-electron chi connectivity index (χ2n) is 3.05. The van der Waals surface area contributed by atoms with E-state index >= 15 is 0 Å². The summed E-state index contributed by atoms with van der Waals surface area (Å²) in [7, 11) is 5.88. The smallest absolute Gasteiger partial charge is 0.115 e. The van der Waals surface area contributed by atoms with E-state index in [0.717, 1.165) is 20.8 Å². The van der Waals surface area contributed by atoms with Crippen LogP contribution in [0.2, 0.25) is 5.02 Å². The van der Waals surface area contributed by atoms with Crippen LogP contribution in [0.25, 0.3) is 10.8 Å². The average molecular weight is 219 g/mol. The number of fused-ring (bicyclic) bond motifs is 1. The molecule has 0 saturated carbocycles. The van der Waals surface area contributed by atoms with Crippen molar-refractivity contribution in [2.24, 2.45) is 0 Å². The molecular formula is C11H8BClS. The minimum atomic E-state index is 0.749. The van der Waals surface area contributed by atoms with E-state index in [1.54, 1.807) is 11.8 Å². The van der Waals surface area contributed by atoms with Crippen LogP contribution in [0.5, 0.6) is 0 Å². The highest BCUT2D eigenvalue weighted by Crippen LogP contribution is 2.26. The van der Waals surface area contributed by atoms with Gasteiger partial charge in [-0.25, -0.2) is 0 Å². The number of halogens is 1. The third kappa shape index (κ3) is 1.64. The Hall–Kier alpha value is -0.595. The molecule has 2 aromatic rings. The first-order valence-corrected chi connectivity index (χ1v) is 5.84. The quantitative estimate of drug-likeness (QED) is 0.524. The van der Waals surface area contributed by atoms with Gasteiger partial charge in [0.15, 0.2) is 0 Å². The van der Waals surface area contributed by atoms with Gasteiger partial charge in [0, 0.05) is 9.92 Å². The van der Waals surface area contributed by atoms with Crippen LogP contribution < -0.4 is 5.46 Å². The number of hydrogen-bond acceptors (Lipinski definition) is 1. The molecule has 68 valence electrons. The molecule has 0 bridgehead atoms. The predicted molar refractivity (Wildman–Crippen MR) is 66.1 cm³/mol. The van der Waals surface area contributed by atoms with Crippen molar-refractivity contribution < 1.29 is 0 Å². The summed E-state index contributed by atoms with van der Waals surface area (Å²) in [6, 6.07) is 9.81. The zero-order valence-corrected chi connectivity index (χ0v) is 9.32. The highest BCUT2D eigenvalue weighted by Gasteiger charge is 2.03. The Morgan fingerprint density at radius 2 is 1.93 bits per heavy atom. The van der Waals surface area contributed by atoms with Crippen LogP contribution in [0.3, 0.4) is 0 Å². The van der Waals surface area contributed by atoms with Gasteiger partial charge >= 0.3 is 0 Å². The lowest BCUT2D eigenvalue weighted by Gasteiger charge is -2.08. The fourth-order valence-corrected chi connectivity index (χ4v) is 2.38. The molecule has 0 N–H and O–H groups in total. The van der Waals surface area contributed by atoms with Crippen LogP contribution >= 0.6 is 23.4 Å². The molecule has 0 aliphatic heterocycles. The average Bonchev–Trinajstić information content (AvgIpc) is 2.17. The van der Waals surface area contributed by atoms with Crippen LogP contribution in [0.15, 0.2) is 35.2 Å². The number of thioether (sulfide) groups is 1. The van der Waals surface area contributed by atoms with Gasteiger partial charge in [-0.15, -0.1) is 11.8 Å². The van der Waals surface area contributed by atoms with Crippen molar-refractivity contribution in [3.63, 3.8) is 0 Å². The third-order valence-electron chi connectivity index (χ3n) is 2.17. The standard InChI is InChI=1S/C11H8BClS/c1-14-11-9-6-8(13)4-2-7(9)3-5-10(11)12/h2-6H,1H3. The van der Waals surface area contributed by atoms with E-state index in [2.05, 4.69) is 0 Å². The topological polar surface area (TPSA) is 0 Å². The Balaban J connectivity index is 2.84. The fraction of sp³-hybridized carbons (Fsp3) is 0.0909. The fourth-order valence-electron chi connectivity index (χ4n) is 1.51. The maximum atomic E-state index is 5.95. The summed E-state index contributed by atoms with van der Waals surface area (Å²) < 4.78 is 0. The lowest BCUT2D eigenvalue weighted by atomic mass is 9.93. The van der Waals surface area contributed by atoms with Gasteiger partial charge in [0.1, 0.15) is 7.85 Å². The SMILES string of the molecule is [B]c1ccc2ccc(Cl)cc2c1SC. The summed E-state index contributed by atoms with van der Waals surface area (Å²) in [6.45, 7) is 0. The molecule has 14 heavy (non-hydrogen) atoms. The second-order valence-corrected chi connectivity index (χ2v) is 4.31. The summed E-state index contributed by atoms with van der Waals surface area (Å²) in [5.41, 5.74) is 0.812. The van der Waals surface area contributed by atoms with Gasteiger partial charge in [0.25, 0.3) is 0 Å². The van der Waals surface area contributed by atoms with Crippen LogP contribution in [0, 0.1) is 0 Å². The van der Waals surface area contributed by atoms with Gasteiger partial charge < -0.3 is 0 Å². The first-order valence-electron chi connectivity index (χ1n) is 4.24. The molecule has 0 aliphatic rings. The highest BCUT2D eigenvalue weighted by atomic mass is 35.5. The monoisotopic (exact) mass is 218 g/mol. The van der Waals surface area contributed by atoms with E-state index in [1.807, 2.05) is 36.6 Å². The zero-order chi connectivity index (χ0) is 10.1. The van der Waals surface area contributed by atoms with E-state index in [-0.39, 0.29) is 0 Å². The molecule has 0 aliphatic carbocycles. The molecule has 0 nitrogen and oxygen atoms in total. The minimum Gasteiger partial charge on any atom is -0.130 e. The van der Waals surface area contributed by atoms with Gasteiger partial charge in [0.2, 0.25) is 0 Å². The molecule has 0 fully saturated rings. The van der Waals surface area contributed by atoms with Crippen molar-refractivity contribution in [1.82, 2.24) is 0 Å². The number of benzene rings is 2. The van der Waals surface area contributed by atoms with Gasteiger partial charge in [-0.3, -0.25) is 0 Å². The molecule has 0 amide bonds.